The summed E-state index contributed by atoms with van der Waals surface area (Å²) in [5.41, 5.74) is 3.48. The van der Waals surface area contributed by atoms with Crippen LogP contribution in [0.3, 0.4) is 0 Å². The maximum atomic E-state index is 5.90. The van der Waals surface area contributed by atoms with Crippen molar-refractivity contribution in [3.05, 3.63) is 41.5 Å². The second-order valence-corrected chi connectivity index (χ2v) is 7.93. The lowest BCUT2D eigenvalue weighted by atomic mass is 9.68. The lowest BCUT2D eigenvalue weighted by Gasteiger charge is -2.38. The predicted molar refractivity (Wildman–Crippen MR) is 119 cm³/mol. The summed E-state index contributed by atoms with van der Waals surface area (Å²) in [6.45, 7) is 16.8. The molecule has 160 valence electrons. The molecule has 1 aliphatic rings. The van der Waals surface area contributed by atoms with Gasteiger partial charge in [0.25, 0.3) is 0 Å². The van der Waals surface area contributed by atoms with Gasteiger partial charge in [0.05, 0.1) is 7.11 Å². The number of aryl methyl sites for hydroxylation is 1. The minimum atomic E-state index is -0.771. The quantitative estimate of drug-likeness (QED) is 0.362. The van der Waals surface area contributed by atoms with Gasteiger partial charge in [0.2, 0.25) is 0 Å². The van der Waals surface area contributed by atoms with Crippen LogP contribution in [0, 0.1) is 18.8 Å². The van der Waals surface area contributed by atoms with Gasteiger partial charge in [-0.3, -0.25) is 0 Å². The highest BCUT2D eigenvalue weighted by Gasteiger charge is 2.45. The van der Waals surface area contributed by atoms with Crippen LogP contribution in [-0.4, -0.2) is 21.3 Å². The van der Waals surface area contributed by atoms with E-state index in [-0.39, 0.29) is 5.41 Å². The first-order chi connectivity index (χ1) is 13.3. The fourth-order valence-electron chi connectivity index (χ4n) is 4.65. The summed E-state index contributed by atoms with van der Waals surface area (Å²) < 4.78 is 17.3. The number of hydrogen-bond acceptors (Lipinski definition) is 3. The summed E-state index contributed by atoms with van der Waals surface area (Å²) >= 11 is 0. The maximum absolute atomic E-state index is 5.90. The lowest BCUT2D eigenvalue weighted by Crippen LogP contribution is -2.33. The molecular weight excluding hydrogens is 348 g/mol. The van der Waals surface area contributed by atoms with E-state index < -0.39 is 5.79 Å². The zero-order chi connectivity index (χ0) is 21.5. The van der Waals surface area contributed by atoms with Crippen molar-refractivity contribution >= 4 is 0 Å². The molecule has 0 aliphatic heterocycles. The van der Waals surface area contributed by atoms with E-state index in [9.17, 15) is 0 Å². The van der Waals surface area contributed by atoms with Crippen LogP contribution in [0.5, 0.6) is 5.75 Å². The molecule has 3 atom stereocenters. The van der Waals surface area contributed by atoms with E-state index in [2.05, 4.69) is 45.6 Å². The smallest absolute Gasteiger partial charge is 0.191 e. The van der Waals surface area contributed by atoms with Gasteiger partial charge in [0.1, 0.15) is 5.75 Å². The molecule has 0 amide bonds. The standard InChI is InChI=1S/C23H36O3.C2H6/c1-9-17(4)23(12-11-18(10-2)15-23)20-14-19(22(5,25-7)26-8)13-16(3)21(20)24-6;1-2/h9,13-14,17-18H,1,10-12,15H2,2-8H3;1-2H3. The molecule has 28 heavy (non-hydrogen) atoms. The Morgan fingerprint density at radius 3 is 2.29 bits per heavy atom. The van der Waals surface area contributed by atoms with Gasteiger partial charge in [-0.2, -0.15) is 0 Å². The number of methoxy groups -OCH3 is 3. The molecule has 1 aliphatic carbocycles. The average molecular weight is 391 g/mol. The van der Waals surface area contributed by atoms with Crippen LogP contribution in [0.2, 0.25) is 0 Å². The van der Waals surface area contributed by atoms with Gasteiger partial charge in [0, 0.05) is 30.8 Å². The molecule has 0 spiro atoms. The van der Waals surface area contributed by atoms with Crippen LogP contribution in [0.4, 0.5) is 0 Å². The van der Waals surface area contributed by atoms with Crippen molar-refractivity contribution in [3.8, 4) is 5.75 Å². The van der Waals surface area contributed by atoms with Gasteiger partial charge in [-0.15, -0.1) is 6.58 Å². The molecule has 1 fully saturated rings. The average Bonchev–Trinajstić information content (AvgIpc) is 3.19. The Morgan fingerprint density at radius 1 is 1.25 bits per heavy atom. The van der Waals surface area contributed by atoms with Crippen molar-refractivity contribution in [2.45, 2.75) is 78.4 Å². The SMILES string of the molecule is C=CC(C)C1(c2cc(C(C)(OC)OC)cc(C)c2OC)CCC(CC)C1.CC. The molecule has 0 bridgehead atoms. The van der Waals surface area contributed by atoms with Gasteiger partial charge in [0.15, 0.2) is 5.79 Å². The minimum Gasteiger partial charge on any atom is -0.496 e. The topological polar surface area (TPSA) is 27.7 Å². The molecular formula is C25H42O3. The van der Waals surface area contributed by atoms with Crippen LogP contribution in [0.1, 0.15) is 77.0 Å². The molecule has 2 rings (SSSR count). The van der Waals surface area contributed by atoms with Crippen LogP contribution in [-0.2, 0) is 20.7 Å². The van der Waals surface area contributed by atoms with Crippen molar-refractivity contribution in [1.82, 2.24) is 0 Å². The molecule has 3 nitrogen and oxygen atoms in total. The third-order valence-corrected chi connectivity index (χ3v) is 6.77. The Morgan fingerprint density at radius 2 is 1.86 bits per heavy atom. The van der Waals surface area contributed by atoms with Crippen LogP contribution < -0.4 is 4.74 Å². The summed E-state index contributed by atoms with van der Waals surface area (Å²) in [5, 5.41) is 0. The normalized spacial score (nSPS) is 23.0. The zero-order valence-electron chi connectivity index (χ0n) is 19.6. The summed E-state index contributed by atoms with van der Waals surface area (Å²) in [7, 11) is 5.15. The predicted octanol–water partition coefficient (Wildman–Crippen LogP) is 6.77. The van der Waals surface area contributed by atoms with Crippen molar-refractivity contribution in [2.24, 2.45) is 11.8 Å². The summed E-state index contributed by atoms with van der Waals surface area (Å²) in [6.07, 6.45) is 6.92. The number of allylic oxidation sites excluding steroid dienone is 1. The minimum absolute atomic E-state index is 0.0525. The van der Waals surface area contributed by atoms with E-state index in [1.165, 1.54) is 24.8 Å². The molecule has 3 unspecified atom stereocenters. The Bertz CT molecular complexity index is 633. The zero-order valence-corrected chi connectivity index (χ0v) is 19.6. The Balaban J connectivity index is 0.00000190. The van der Waals surface area contributed by atoms with Crippen molar-refractivity contribution in [3.63, 3.8) is 0 Å². The van der Waals surface area contributed by atoms with E-state index in [1.807, 2.05) is 20.8 Å². The summed E-state index contributed by atoms with van der Waals surface area (Å²) in [4.78, 5) is 0. The molecule has 3 heteroatoms. The monoisotopic (exact) mass is 390 g/mol. The van der Waals surface area contributed by atoms with Gasteiger partial charge >= 0.3 is 0 Å². The molecule has 1 saturated carbocycles. The first kappa shape index (κ1) is 24.7. The van der Waals surface area contributed by atoms with E-state index in [4.69, 9.17) is 14.2 Å². The van der Waals surface area contributed by atoms with Gasteiger partial charge in [-0.1, -0.05) is 40.2 Å². The number of rotatable bonds is 8. The molecule has 1 aromatic rings. The molecule has 0 N–H and O–H groups in total. The van der Waals surface area contributed by atoms with Gasteiger partial charge in [-0.25, -0.2) is 0 Å². The fourth-order valence-corrected chi connectivity index (χ4v) is 4.65. The van der Waals surface area contributed by atoms with E-state index in [1.54, 1.807) is 21.3 Å². The van der Waals surface area contributed by atoms with E-state index >= 15 is 0 Å². The van der Waals surface area contributed by atoms with Crippen molar-refractivity contribution < 1.29 is 14.2 Å². The van der Waals surface area contributed by atoms with Crippen molar-refractivity contribution in [1.29, 1.82) is 0 Å². The highest BCUT2D eigenvalue weighted by atomic mass is 16.7. The van der Waals surface area contributed by atoms with Crippen molar-refractivity contribution in [2.75, 3.05) is 21.3 Å². The first-order valence-electron chi connectivity index (χ1n) is 10.7. The first-order valence-corrected chi connectivity index (χ1v) is 10.7. The highest BCUT2D eigenvalue weighted by molar-refractivity contribution is 5.50. The molecule has 1 aromatic carbocycles. The second kappa shape index (κ2) is 10.5. The Hall–Kier alpha value is -1.32. The van der Waals surface area contributed by atoms with E-state index in [0.29, 0.717) is 5.92 Å². The van der Waals surface area contributed by atoms with Gasteiger partial charge < -0.3 is 14.2 Å². The molecule has 0 saturated heterocycles. The van der Waals surface area contributed by atoms with Crippen LogP contribution in [0.15, 0.2) is 24.8 Å². The van der Waals surface area contributed by atoms with Crippen LogP contribution in [0.25, 0.3) is 0 Å². The number of hydrogen-bond donors (Lipinski definition) is 0. The Kier molecular flexibility index (Phi) is 9.23. The number of benzene rings is 1. The second-order valence-electron chi connectivity index (χ2n) is 7.93. The van der Waals surface area contributed by atoms with E-state index in [0.717, 1.165) is 29.2 Å². The summed E-state index contributed by atoms with van der Waals surface area (Å²) in [6, 6.07) is 4.37. The lowest BCUT2D eigenvalue weighted by molar-refractivity contribution is -0.201. The van der Waals surface area contributed by atoms with Gasteiger partial charge in [-0.05, 0) is 62.6 Å². The Labute approximate surface area is 173 Å². The largest absolute Gasteiger partial charge is 0.496 e. The molecule has 0 radical (unpaired) electrons. The third kappa shape index (κ3) is 4.46. The molecule has 0 aromatic heterocycles. The third-order valence-electron chi connectivity index (χ3n) is 6.77. The summed E-state index contributed by atoms with van der Waals surface area (Å²) in [5.74, 6) is 1.35. The maximum Gasteiger partial charge on any atom is 0.191 e. The highest BCUT2D eigenvalue weighted by Crippen LogP contribution is 2.54. The number of ether oxygens (including phenoxy) is 3. The molecule has 0 heterocycles. The fraction of sp³-hybridized carbons (Fsp3) is 0.680. The van der Waals surface area contributed by atoms with Crippen LogP contribution >= 0.6 is 0 Å².